The van der Waals surface area contributed by atoms with Crippen LogP contribution in [0.4, 0.5) is 4.79 Å². The second-order valence-corrected chi connectivity index (χ2v) is 5.43. The number of carbonyl (C=O) groups is 1. The van der Waals surface area contributed by atoms with Crippen molar-refractivity contribution in [1.82, 2.24) is 10.9 Å². The van der Waals surface area contributed by atoms with Crippen molar-refractivity contribution >= 4 is 6.09 Å². The van der Waals surface area contributed by atoms with Crippen LogP contribution < -0.4 is 10.9 Å². The topological polar surface area (TPSA) is 50.4 Å². The lowest BCUT2D eigenvalue weighted by Crippen LogP contribution is -2.37. The Balaban J connectivity index is 2.97. The number of unbranched alkanes of at least 4 members (excludes halogenated alkanes) is 11. The van der Waals surface area contributed by atoms with E-state index < -0.39 is 6.09 Å². The van der Waals surface area contributed by atoms with Gasteiger partial charge >= 0.3 is 6.09 Å². The average molecular weight is 286 g/mol. The lowest BCUT2D eigenvalue weighted by molar-refractivity contribution is 0.165. The predicted molar refractivity (Wildman–Crippen MR) is 84.6 cm³/mol. The first-order valence-corrected chi connectivity index (χ1v) is 8.38. The van der Waals surface area contributed by atoms with Crippen molar-refractivity contribution in [3.8, 4) is 0 Å². The van der Waals surface area contributed by atoms with Gasteiger partial charge in [-0.2, -0.15) is 0 Å². The summed E-state index contributed by atoms with van der Waals surface area (Å²) in [4.78, 5) is 10.7. The second-order valence-electron chi connectivity index (χ2n) is 5.43. The molecule has 20 heavy (non-hydrogen) atoms. The molecule has 0 aromatic carbocycles. The van der Waals surface area contributed by atoms with Crippen molar-refractivity contribution in [2.24, 2.45) is 0 Å². The first kappa shape index (κ1) is 19.2. The van der Waals surface area contributed by atoms with Crippen LogP contribution in [0.5, 0.6) is 0 Å². The molecule has 0 aromatic heterocycles. The number of carbonyl (C=O) groups excluding carboxylic acids is 1. The van der Waals surface area contributed by atoms with Crippen LogP contribution in [0.2, 0.25) is 0 Å². The van der Waals surface area contributed by atoms with Crippen LogP contribution in [0.15, 0.2) is 0 Å². The quantitative estimate of drug-likeness (QED) is 0.364. The first-order chi connectivity index (χ1) is 9.81. The van der Waals surface area contributed by atoms with E-state index in [0.717, 1.165) is 13.0 Å². The zero-order valence-corrected chi connectivity index (χ0v) is 13.5. The van der Waals surface area contributed by atoms with E-state index in [1.54, 1.807) is 0 Å². The molecule has 0 radical (unpaired) electrons. The van der Waals surface area contributed by atoms with E-state index in [2.05, 4.69) is 22.5 Å². The fraction of sp³-hybridized carbons (Fsp3) is 0.938. The van der Waals surface area contributed by atoms with Gasteiger partial charge in [0.1, 0.15) is 0 Å². The van der Waals surface area contributed by atoms with Gasteiger partial charge in [0.25, 0.3) is 0 Å². The van der Waals surface area contributed by atoms with E-state index in [-0.39, 0.29) is 0 Å². The summed E-state index contributed by atoms with van der Waals surface area (Å²) in [6, 6.07) is 0. The molecule has 0 aliphatic rings. The molecular formula is C16H34N2O2. The van der Waals surface area contributed by atoms with Gasteiger partial charge < -0.3 is 4.74 Å². The third-order valence-corrected chi connectivity index (χ3v) is 3.53. The van der Waals surface area contributed by atoms with E-state index in [1.807, 2.05) is 0 Å². The van der Waals surface area contributed by atoms with Crippen molar-refractivity contribution in [3.05, 3.63) is 0 Å². The fourth-order valence-electron chi connectivity index (χ4n) is 2.24. The summed E-state index contributed by atoms with van der Waals surface area (Å²) in [6.07, 6.45) is 15.7. The maximum atomic E-state index is 10.7. The van der Waals surface area contributed by atoms with E-state index in [0.29, 0.717) is 0 Å². The van der Waals surface area contributed by atoms with Crippen molar-refractivity contribution in [3.63, 3.8) is 0 Å². The maximum Gasteiger partial charge on any atom is 0.421 e. The van der Waals surface area contributed by atoms with E-state index in [9.17, 15) is 4.79 Å². The van der Waals surface area contributed by atoms with Crippen molar-refractivity contribution in [1.29, 1.82) is 0 Å². The van der Waals surface area contributed by atoms with Crippen LogP contribution in [-0.4, -0.2) is 19.7 Å². The van der Waals surface area contributed by atoms with Crippen LogP contribution >= 0.6 is 0 Å². The minimum absolute atomic E-state index is 0.427. The van der Waals surface area contributed by atoms with Crippen molar-refractivity contribution in [2.75, 3.05) is 13.7 Å². The van der Waals surface area contributed by atoms with Crippen molar-refractivity contribution < 1.29 is 9.53 Å². The van der Waals surface area contributed by atoms with Gasteiger partial charge in [0, 0.05) is 6.54 Å². The second kappa shape index (κ2) is 16.3. The Hall–Kier alpha value is -0.770. The Labute approximate surface area is 125 Å². The molecule has 0 saturated heterocycles. The molecule has 0 bridgehead atoms. The lowest BCUT2D eigenvalue weighted by Gasteiger charge is -2.05. The Morgan fingerprint density at radius 2 is 1.25 bits per heavy atom. The standard InChI is InChI=1S/C16H34N2O2/c1-3-4-5-6-7-8-9-10-11-12-13-14-15-17-18-16(19)20-2/h17H,3-15H2,1-2H3,(H,18,19). The zero-order valence-electron chi connectivity index (χ0n) is 13.5. The van der Waals surface area contributed by atoms with Crippen molar-refractivity contribution in [2.45, 2.75) is 84.0 Å². The largest absolute Gasteiger partial charge is 0.452 e. The molecule has 1 amide bonds. The molecule has 0 unspecified atom stereocenters. The molecule has 0 aromatic rings. The average Bonchev–Trinajstić information content (AvgIpc) is 2.47. The number of nitrogens with one attached hydrogen (secondary N) is 2. The highest BCUT2D eigenvalue weighted by molar-refractivity contribution is 5.66. The molecule has 120 valence electrons. The van der Waals surface area contributed by atoms with Gasteiger partial charge in [-0.1, -0.05) is 77.6 Å². The minimum Gasteiger partial charge on any atom is -0.452 e. The number of hydrogen-bond acceptors (Lipinski definition) is 3. The number of ether oxygens (including phenoxy) is 1. The summed E-state index contributed by atoms with van der Waals surface area (Å²) >= 11 is 0. The molecular weight excluding hydrogens is 252 g/mol. The van der Waals surface area contributed by atoms with Crippen LogP contribution in [0.3, 0.4) is 0 Å². The Bertz CT molecular complexity index is 211. The minimum atomic E-state index is -0.427. The summed E-state index contributed by atoms with van der Waals surface area (Å²) in [7, 11) is 1.36. The van der Waals surface area contributed by atoms with Gasteiger partial charge in [-0.15, -0.1) is 0 Å². The number of hydrazine groups is 1. The highest BCUT2D eigenvalue weighted by Gasteiger charge is 1.96. The summed E-state index contributed by atoms with van der Waals surface area (Å²) in [6.45, 7) is 3.08. The Morgan fingerprint density at radius 1 is 0.800 bits per heavy atom. The molecule has 4 nitrogen and oxygen atoms in total. The summed E-state index contributed by atoms with van der Waals surface area (Å²) < 4.78 is 4.45. The summed E-state index contributed by atoms with van der Waals surface area (Å²) in [5.41, 5.74) is 5.31. The lowest BCUT2D eigenvalue weighted by atomic mass is 10.1. The molecule has 0 aliphatic heterocycles. The predicted octanol–water partition coefficient (Wildman–Crippen LogP) is 4.55. The molecule has 0 aliphatic carbocycles. The molecule has 2 N–H and O–H groups in total. The summed E-state index contributed by atoms with van der Waals surface area (Å²) in [5.74, 6) is 0. The number of methoxy groups -OCH3 is 1. The maximum absolute atomic E-state index is 10.7. The molecule has 0 atom stereocenters. The highest BCUT2D eigenvalue weighted by Crippen LogP contribution is 2.11. The first-order valence-electron chi connectivity index (χ1n) is 8.38. The smallest absolute Gasteiger partial charge is 0.421 e. The number of hydrogen-bond donors (Lipinski definition) is 2. The number of amides is 1. The molecule has 0 heterocycles. The van der Waals surface area contributed by atoms with E-state index in [4.69, 9.17) is 0 Å². The van der Waals surface area contributed by atoms with Gasteiger partial charge in [0.15, 0.2) is 0 Å². The summed E-state index contributed by atoms with van der Waals surface area (Å²) in [5, 5.41) is 0. The Morgan fingerprint density at radius 3 is 1.70 bits per heavy atom. The van der Waals surface area contributed by atoms with E-state index >= 15 is 0 Å². The van der Waals surface area contributed by atoms with E-state index in [1.165, 1.54) is 77.7 Å². The van der Waals surface area contributed by atoms with Gasteiger partial charge in [-0.3, -0.25) is 5.43 Å². The molecule has 0 rings (SSSR count). The SMILES string of the molecule is CCCCCCCCCCCCCCNNC(=O)OC. The molecule has 0 spiro atoms. The monoisotopic (exact) mass is 286 g/mol. The fourth-order valence-corrected chi connectivity index (χ4v) is 2.24. The van der Waals surface area contributed by atoms with Crippen LogP contribution in [0, 0.1) is 0 Å². The third-order valence-electron chi connectivity index (χ3n) is 3.53. The molecule has 0 fully saturated rings. The van der Waals surface area contributed by atoms with Crippen LogP contribution in [0.1, 0.15) is 84.0 Å². The highest BCUT2D eigenvalue weighted by atomic mass is 16.5. The molecule has 4 heteroatoms. The van der Waals surface area contributed by atoms with Gasteiger partial charge in [0.2, 0.25) is 0 Å². The zero-order chi connectivity index (χ0) is 14.9. The molecule has 0 saturated carbocycles. The Kier molecular flexibility index (Phi) is 15.7. The van der Waals surface area contributed by atoms with Gasteiger partial charge in [-0.25, -0.2) is 10.2 Å². The van der Waals surface area contributed by atoms with Gasteiger partial charge in [0.05, 0.1) is 7.11 Å². The van der Waals surface area contributed by atoms with Crippen LogP contribution in [-0.2, 0) is 4.74 Å². The normalized spacial score (nSPS) is 10.5. The van der Waals surface area contributed by atoms with Gasteiger partial charge in [-0.05, 0) is 6.42 Å². The van der Waals surface area contributed by atoms with Crippen LogP contribution in [0.25, 0.3) is 0 Å². The number of rotatable bonds is 14. The third kappa shape index (κ3) is 15.3.